The molecular weight excluding hydrogens is 406 g/mol. The summed E-state index contributed by atoms with van der Waals surface area (Å²) in [7, 11) is -10.3. The van der Waals surface area contributed by atoms with Crippen LogP contribution in [0.5, 0.6) is 0 Å². The van der Waals surface area contributed by atoms with Gasteiger partial charge in [-0.15, -0.1) is 0 Å². The van der Waals surface area contributed by atoms with Crippen molar-refractivity contribution in [1.29, 1.82) is 5.26 Å². The average Bonchev–Trinajstić information content (AvgIpc) is 2.51. The van der Waals surface area contributed by atoms with Crippen molar-refractivity contribution in [2.45, 2.75) is 39.8 Å². The quantitative estimate of drug-likeness (QED) is 0.243. The molecule has 0 aliphatic rings. The number of phosphoric acid groups is 2. The monoisotopic (exact) mass is 430 g/mol. The minimum absolute atomic E-state index is 0.353. The summed E-state index contributed by atoms with van der Waals surface area (Å²) in [5.41, 5.74) is 2.73. The van der Waals surface area contributed by atoms with E-state index in [9.17, 15) is 14.0 Å². The molecule has 0 heterocycles. The SMILES string of the molecule is CC(C)=CCCC(C)=CC(Nc1cccc(C#N)c1)OP(=O)(O)OP(=O)(O)O. The molecule has 11 heteroatoms. The van der Waals surface area contributed by atoms with Gasteiger partial charge >= 0.3 is 15.6 Å². The minimum atomic E-state index is -5.24. The van der Waals surface area contributed by atoms with E-state index in [1.54, 1.807) is 25.1 Å². The second-order valence-electron chi connectivity index (χ2n) is 6.24. The molecule has 2 unspecified atom stereocenters. The normalized spacial score (nSPS) is 15.2. The third kappa shape index (κ3) is 10.5. The van der Waals surface area contributed by atoms with Gasteiger partial charge in [0.25, 0.3) is 0 Å². The van der Waals surface area contributed by atoms with Crippen LogP contribution in [0.25, 0.3) is 0 Å². The van der Waals surface area contributed by atoms with Gasteiger partial charge in [-0.1, -0.05) is 23.3 Å². The van der Waals surface area contributed by atoms with Crippen molar-refractivity contribution >= 4 is 21.3 Å². The van der Waals surface area contributed by atoms with Crippen LogP contribution in [-0.4, -0.2) is 20.9 Å². The van der Waals surface area contributed by atoms with Gasteiger partial charge in [-0.2, -0.15) is 9.57 Å². The van der Waals surface area contributed by atoms with Crippen LogP contribution in [0.3, 0.4) is 0 Å². The van der Waals surface area contributed by atoms with Crippen LogP contribution in [0.15, 0.2) is 47.6 Å². The predicted octanol–water partition coefficient (Wildman–Crippen LogP) is 4.22. The first-order chi connectivity index (χ1) is 12.9. The summed E-state index contributed by atoms with van der Waals surface area (Å²) in [6.07, 6.45) is 3.69. The number of rotatable bonds is 10. The first-order valence-corrected chi connectivity index (χ1v) is 11.3. The second-order valence-corrected chi connectivity index (χ2v) is 9.02. The lowest BCUT2D eigenvalue weighted by Crippen LogP contribution is -2.20. The molecule has 0 bridgehead atoms. The van der Waals surface area contributed by atoms with E-state index in [-0.39, 0.29) is 0 Å². The maximum absolute atomic E-state index is 11.9. The first-order valence-electron chi connectivity index (χ1n) is 8.25. The van der Waals surface area contributed by atoms with E-state index in [1.165, 1.54) is 12.1 Å². The minimum Gasteiger partial charge on any atom is -0.356 e. The third-order valence-corrected chi connectivity index (χ3v) is 5.45. The molecule has 0 aliphatic heterocycles. The van der Waals surface area contributed by atoms with E-state index in [0.717, 1.165) is 17.6 Å². The summed E-state index contributed by atoms with van der Waals surface area (Å²) in [5.74, 6) is 0. The van der Waals surface area contributed by atoms with Crippen LogP contribution >= 0.6 is 15.6 Å². The molecule has 0 saturated carbocycles. The van der Waals surface area contributed by atoms with Crippen LogP contribution in [0.2, 0.25) is 0 Å². The fourth-order valence-corrected chi connectivity index (χ4v) is 3.80. The molecule has 4 N–H and O–H groups in total. The Morgan fingerprint density at radius 1 is 1.29 bits per heavy atom. The predicted molar refractivity (Wildman–Crippen MR) is 105 cm³/mol. The molecule has 0 radical (unpaired) electrons. The lowest BCUT2D eigenvalue weighted by atomic mass is 10.1. The van der Waals surface area contributed by atoms with Crippen LogP contribution < -0.4 is 5.32 Å². The number of allylic oxidation sites excluding steroid dienone is 3. The van der Waals surface area contributed by atoms with Gasteiger partial charge in [0.1, 0.15) is 0 Å². The Balaban J connectivity index is 3.04. The van der Waals surface area contributed by atoms with Gasteiger partial charge in [-0.05, 0) is 57.9 Å². The van der Waals surface area contributed by atoms with Crippen LogP contribution in [0.4, 0.5) is 5.69 Å². The highest BCUT2D eigenvalue weighted by atomic mass is 31.3. The van der Waals surface area contributed by atoms with Gasteiger partial charge in [0, 0.05) is 5.69 Å². The maximum atomic E-state index is 11.9. The number of hydrogen-bond acceptors (Lipinski definition) is 6. The highest BCUT2D eigenvalue weighted by molar-refractivity contribution is 7.60. The zero-order valence-corrected chi connectivity index (χ0v) is 17.6. The number of benzene rings is 1. The van der Waals surface area contributed by atoms with E-state index in [1.807, 2.05) is 26.0 Å². The summed E-state index contributed by atoms with van der Waals surface area (Å²) in [5, 5.41) is 11.8. The van der Waals surface area contributed by atoms with Gasteiger partial charge < -0.3 is 20.0 Å². The Morgan fingerprint density at radius 3 is 2.54 bits per heavy atom. The largest absolute Gasteiger partial charge is 0.483 e. The highest BCUT2D eigenvalue weighted by Gasteiger charge is 2.34. The molecule has 28 heavy (non-hydrogen) atoms. The summed E-state index contributed by atoms with van der Waals surface area (Å²) in [6, 6.07) is 8.25. The first kappa shape index (κ1) is 24.3. The summed E-state index contributed by atoms with van der Waals surface area (Å²) in [4.78, 5) is 27.2. The van der Waals surface area contributed by atoms with Gasteiger partial charge in [-0.3, -0.25) is 4.52 Å². The molecule has 0 aromatic heterocycles. The van der Waals surface area contributed by atoms with Crippen molar-refractivity contribution in [3.63, 3.8) is 0 Å². The van der Waals surface area contributed by atoms with E-state index in [0.29, 0.717) is 17.7 Å². The standard InChI is InChI=1S/C17H24N2O7P2/c1-13(2)6-4-7-14(3)10-17(25-28(23,24)26-27(20,21)22)19-16-9-5-8-15(11-16)12-18/h5-6,8-11,17,19H,4,7H2,1-3H3,(H,23,24)(H2,20,21,22). The molecule has 9 nitrogen and oxygen atoms in total. The molecule has 154 valence electrons. The number of nitrogens with one attached hydrogen (secondary N) is 1. The van der Waals surface area contributed by atoms with E-state index < -0.39 is 21.9 Å². The lowest BCUT2D eigenvalue weighted by Gasteiger charge is -2.21. The smallest absolute Gasteiger partial charge is 0.356 e. The second kappa shape index (κ2) is 10.7. The molecule has 0 saturated heterocycles. The molecule has 0 fully saturated rings. The Bertz CT molecular complexity index is 867. The topological polar surface area (TPSA) is 149 Å². The van der Waals surface area contributed by atoms with Gasteiger partial charge in [0.15, 0.2) is 6.23 Å². The van der Waals surface area contributed by atoms with Crippen molar-refractivity contribution in [3.8, 4) is 6.07 Å². The fraction of sp³-hybridized carbons (Fsp3) is 0.353. The number of nitrogens with zero attached hydrogens (tertiary/aromatic N) is 1. The van der Waals surface area contributed by atoms with Gasteiger partial charge in [0.2, 0.25) is 0 Å². The average molecular weight is 430 g/mol. The van der Waals surface area contributed by atoms with Crippen LogP contribution in [0, 0.1) is 11.3 Å². The van der Waals surface area contributed by atoms with Crippen molar-refractivity contribution in [2.24, 2.45) is 0 Å². The van der Waals surface area contributed by atoms with E-state index in [2.05, 4.69) is 9.63 Å². The Labute approximate surface area is 164 Å². The fourth-order valence-electron chi connectivity index (χ4n) is 2.17. The van der Waals surface area contributed by atoms with Crippen molar-refractivity contribution in [2.75, 3.05) is 5.32 Å². The zero-order chi connectivity index (χ0) is 21.4. The van der Waals surface area contributed by atoms with Gasteiger partial charge in [-0.25, -0.2) is 9.13 Å². The van der Waals surface area contributed by atoms with E-state index >= 15 is 0 Å². The van der Waals surface area contributed by atoms with Crippen LogP contribution in [-0.2, 0) is 18.0 Å². The Kier molecular flexibility index (Phi) is 9.28. The molecule has 0 amide bonds. The molecule has 1 aromatic rings. The van der Waals surface area contributed by atoms with Crippen molar-refractivity contribution in [3.05, 3.63) is 53.1 Å². The number of anilines is 1. The lowest BCUT2D eigenvalue weighted by molar-refractivity contribution is 0.162. The van der Waals surface area contributed by atoms with Crippen molar-refractivity contribution < 1.29 is 32.6 Å². The number of nitriles is 1. The van der Waals surface area contributed by atoms with Crippen molar-refractivity contribution in [1.82, 2.24) is 0 Å². The zero-order valence-electron chi connectivity index (χ0n) is 15.8. The Morgan fingerprint density at radius 2 is 1.96 bits per heavy atom. The molecule has 1 rings (SSSR count). The molecule has 2 atom stereocenters. The van der Waals surface area contributed by atoms with E-state index in [4.69, 9.17) is 19.6 Å². The molecular formula is C17H24N2O7P2. The van der Waals surface area contributed by atoms with Crippen LogP contribution in [0.1, 0.15) is 39.2 Å². The summed E-state index contributed by atoms with van der Waals surface area (Å²) >= 11 is 0. The number of hydrogen-bond donors (Lipinski definition) is 4. The molecule has 0 aliphatic carbocycles. The Hall–Kier alpha value is -1.75. The summed E-state index contributed by atoms with van der Waals surface area (Å²) in [6.45, 7) is 5.72. The number of phosphoric ester groups is 1. The maximum Gasteiger partial charge on any atom is 0.483 e. The molecule has 0 spiro atoms. The molecule has 1 aromatic carbocycles. The van der Waals surface area contributed by atoms with Gasteiger partial charge in [0.05, 0.1) is 11.6 Å². The summed E-state index contributed by atoms with van der Waals surface area (Å²) < 4.78 is 31.6. The highest BCUT2D eigenvalue weighted by Crippen LogP contribution is 2.58. The third-order valence-electron chi connectivity index (χ3n) is 3.28.